The largest absolute Gasteiger partial charge is 0.337 e. The highest BCUT2D eigenvalue weighted by Gasteiger charge is 2.23. The van der Waals surface area contributed by atoms with E-state index in [1.165, 1.54) is 0 Å². The van der Waals surface area contributed by atoms with Gasteiger partial charge in [-0.2, -0.15) is 0 Å². The zero-order chi connectivity index (χ0) is 18.8. The maximum Gasteiger partial charge on any atom is 0.270 e. The van der Waals surface area contributed by atoms with Crippen molar-refractivity contribution in [3.63, 3.8) is 0 Å². The van der Waals surface area contributed by atoms with Gasteiger partial charge < -0.3 is 9.88 Å². The van der Waals surface area contributed by atoms with E-state index < -0.39 is 6.04 Å². The molecular formula is C21H19N5O. The minimum absolute atomic E-state index is 0.263. The smallest absolute Gasteiger partial charge is 0.270 e. The van der Waals surface area contributed by atoms with Crippen LogP contribution in [-0.4, -0.2) is 25.4 Å². The number of aryl methyl sites for hydroxylation is 2. The molecule has 2 heterocycles. The molecule has 6 nitrogen and oxygen atoms in total. The number of nitrogens with one attached hydrogen (secondary N) is 1. The molecule has 1 amide bonds. The van der Waals surface area contributed by atoms with E-state index in [-0.39, 0.29) is 5.91 Å². The zero-order valence-corrected chi connectivity index (χ0v) is 15.1. The number of para-hydroxylation sites is 2. The van der Waals surface area contributed by atoms with Crippen molar-refractivity contribution in [2.45, 2.75) is 13.0 Å². The molecule has 4 aromatic rings. The van der Waals surface area contributed by atoms with Crippen LogP contribution in [-0.2, 0) is 7.05 Å². The van der Waals surface area contributed by atoms with E-state index in [1.807, 2.05) is 66.2 Å². The summed E-state index contributed by atoms with van der Waals surface area (Å²) in [5, 5.41) is 3.08. The first kappa shape index (κ1) is 16.9. The van der Waals surface area contributed by atoms with Crippen molar-refractivity contribution >= 4 is 16.9 Å². The predicted molar refractivity (Wildman–Crippen MR) is 103 cm³/mol. The van der Waals surface area contributed by atoms with Crippen molar-refractivity contribution in [1.82, 2.24) is 24.8 Å². The van der Waals surface area contributed by atoms with Gasteiger partial charge in [0.1, 0.15) is 23.4 Å². The highest BCUT2D eigenvalue weighted by molar-refractivity contribution is 5.92. The van der Waals surface area contributed by atoms with Gasteiger partial charge in [-0.15, -0.1) is 0 Å². The predicted octanol–water partition coefficient (Wildman–Crippen LogP) is 3.19. The van der Waals surface area contributed by atoms with Crippen LogP contribution < -0.4 is 5.32 Å². The van der Waals surface area contributed by atoms with Gasteiger partial charge in [-0.25, -0.2) is 15.0 Å². The Morgan fingerprint density at radius 1 is 1.00 bits per heavy atom. The second-order valence-corrected chi connectivity index (χ2v) is 6.32. The van der Waals surface area contributed by atoms with Gasteiger partial charge in [0.15, 0.2) is 0 Å². The Hall–Kier alpha value is -3.54. The van der Waals surface area contributed by atoms with Crippen LogP contribution in [0, 0.1) is 6.92 Å². The summed E-state index contributed by atoms with van der Waals surface area (Å²) in [5.74, 6) is 1.06. The molecule has 0 spiro atoms. The lowest BCUT2D eigenvalue weighted by Gasteiger charge is -2.19. The van der Waals surface area contributed by atoms with Crippen LogP contribution in [0.4, 0.5) is 0 Å². The molecule has 2 aromatic carbocycles. The number of carbonyl (C=O) groups excluding carboxylic acids is 1. The van der Waals surface area contributed by atoms with Crippen LogP contribution in [0.2, 0.25) is 0 Å². The number of aromatic nitrogens is 4. The first-order chi connectivity index (χ1) is 13.1. The molecule has 4 rings (SSSR count). The lowest BCUT2D eigenvalue weighted by Crippen LogP contribution is -2.31. The van der Waals surface area contributed by atoms with Gasteiger partial charge in [0.2, 0.25) is 0 Å². The van der Waals surface area contributed by atoms with E-state index in [2.05, 4.69) is 15.3 Å². The molecule has 27 heavy (non-hydrogen) atoms. The molecule has 0 aliphatic carbocycles. The number of benzene rings is 2. The Bertz CT molecular complexity index is 1100. The summed E-state index contributed by atoms with van der Waals surface area (Å²) in [6.45, 7) is 1.76. The first-order valence-electron chi connectivity index (χ1n) is 8.70. The fourth-order valence-corrected chi connectivity index (χ4v) is 3.15. The SMILES string of the molecule is Cc1nccc(C(=O)NC(c2ccccc2)c2nc3ccccc3n2C)n1. The van der Waals surface area contributed by atoms with E-state index >= 15 is 0 Å². The number of imidazole rings is 1. The Morgan fingerprint density at radius 3 is 2.48 bits per heavy atom. The van der Waals surface area contributed by atoms with Gasteiger partial charge in [-0.05, 0) is 30.7 Å². The summed E-state index contributed by atoms with van der Waals surface area (Å²) in [6.07, 6.45) is 1.59. The highest BCUT2D eigenvalue weighted by atomic mass is 16.2. The van der Waals surface area contributed by atoms with E-state index in [4.69, 9.17) is 4.98 Å². The van der Waals surface area contributed by atoms with Crippen LogP contribution in [0.3, 0.4) is 0 Å². The Morgan fingerprint density at radius 2 is 1.74 bits per heavy atom. The number of fused-ring (bicyclic) bond motifs is 1. The molecule has 0 aliphatic rings. The normalized spacial score (nSPS) is 12.1. The average Bonchev–Trinajstić information content (AvgIpc) is 3.03. The highest BCUT2D eigenvalue weighted by Crippen LogP contribution is 2.25. The molecule has 1 unspecified atom stereocenters. The van der Waals surface area contributed by atoms with Crippen LogP contribution in [0.1, 0.15) is 33.7 Å². The molecule has 0 radical (unpaired) electrons. The second kappa shape index (κ2) is 6.99. The van der Waals surface area contributed by atoms with Gasteiger partial charge in [0.25, 0.3) is 5.91 Å². The van der Waals surface area contributed by atoms with E-state index in [1.54, 1.807) is 19.2 Å². The molecule has 2 aromatic heterocycles. The fourth-order valence-electron chi connectivity index (χ4n) is 3.15. The van der Waals surface area contributed by atoms with Crippen LogP contribution in [0.25, 0.3) is 11.0 Å². The quantitative estimate of drug-likeness (QED) is 0.609. The first-order valence-corrected chi connectivity index (χ1v) is 8.70. The number of hydrogen-bond acceptors (Lipinski definition) is 4. The maximum absolute atomic E-state index is 12.8. The standard InChI is InChI=1S/C21H19N5O/c1-14-22-13-12-17(23-14)21(27)25-19(15-8-4-3-5-9-15)20-24-16-10-6-7-11-18(16)26(20)2/h3-13,19H,1-2H3,(H,25,27). The number of rotatable bonds is 4. The number of amides is 1. The third-order valence-electron chi connectivity index (χ3n) is 4.50. The van der Waals surface area contributed by atoms with Crippen LogP contribution in [0.5, 0.6) is 0 Å². The lowest BCUT2D eigenvalue weighted by molar-refractivity contribution is 0.0935. The minimum atomic E-state index is -0.397. The van der Waals surface area contributed by atoms with Crippen molar-refractivity contribution in [3.05, 3.63) is 89.8 Å². The van der Waals surface area contributed by atoms with Gasteiger partial charge >= 0.3 is 0 Å². The van der Waals surface area contributed by atoms with Gasteiger partial charge in [0, 0.05) is 13.2 Å². The van der Waals surface area contributed by atoms with Crippen molar-refractivity contribution < 1.29 is 4.79 Å². The van der Waals surface area contributed by atoms with Crippen LogP contribution in [0.15, 0.2) is 66.9 Å². The summed E-state index contributed by atoms with van der Waals surface area (Å²) in [7, 11) is 1.96. The van der Waals surface area contributed by atoms with Gasteiger partial charge in [-0.3, -0.25) is 4.79 Å². The van der Waals surface area contributed by atoms with Crippen LogP contribution >= 0.6 is 0 Å². The molecule has 6 heteroatoms. The molecule has 0 bridgehead atoms. The van der Waals surface area contributed by atoms with E-state index in [0.29, 0.717) is 11.5 Å². The van der Waals surface area contributed by atoms with Gasteiger partial charge in [0.05, 0.1) is 11.0 Å². The Labute approximate surface area is 156 Å². The Kier molecular flexibility index (Phi) is 4.38. The second-order valence-electron chi connectivity index (χ2n) is 6.32. The molecular weight excluding hydrogens is 338 g/mol. The summed E-state index contributed by atoms with van der Waals surface area (Å²) >= 11 is 0. The maximum atomic E-state index is 12.8. The monoisotopic (exact) mass is 357 g/mol. The van der Waals surface area contributed by atoms with E-state index in [0.717, 1.165) is 22.4 Å². The lowest BCUT2D eigenvalue weighted by atomic mass is 10.1. The fraction of sp³-hybridized carbons (Fsp3) is 0.143. The Balaban J connectivity index is 1.78. The summed E-state index contributed by atoms with van der Waals surface area (Å²) in [5.41, 5.74) is 3.20. The molecule has 134 valence electrons. The number of carbonyl (C=O) groups is 1. The zero-order valence-electron chi connectivity index (χ0n) is 15.1. The third-order valence-corrected chi connectivity index (χ3v) is 4.50. The number of nitrogens with zero attached hydrogens (tertiary/aromatic N) is 4. The van der Waals surface area contributed by atoms with E-state index in [9.17, 15) is 4.79 Å². The summed E-state index contributed by atoms with van der Waals surface area (Å²) < 4.78 is 2.01. The van der Waals surface area contributed by atoms with Crippen molar-refractivity contribution in [1.29, 1.82) is 0 Å². The third kappa shape index (κ3) is 3.29. The van der Waals surface area contributed by atoms with Crippen molar-refractivity contribution in [3.8, 4) is 0 Å². The van der Waals surface area contributed by atoms with Crippen molar-refractivity contribution in [2.75, 3.05) is 0 Å². The molecule has 0 aliphatic heterocycles. The molecule has 0 saturated carbocycles. The molecule has 1 atom stereocenters. The molecule has 1 N–H and O–H groups in total. The number of hydrogen-bond donors (Lipinski definition) is 1. The topological polar surface area (TPSA) is 72.7 Å². The van der Waals surface area contributed by atoms with Crippen molar-refractivity contribution in [2.24, 2.45) is 7.05 Å². The average molecular weight is 357 g/mol. The summed E-state index contributed by atoms with van der Waals surface area (Å²) in [6, 6.07) is 19.0. The molecule has 0 saturated heterocycles. The van der Waals surface area contributed by atoms with Gasteiger partial charge in [-0.1, -0.05) is 42.5 Å². The summed E-state index contributed by atoms with van der Waals surface area (Å²) in [4.78, 5) is 25.9. The molecule has 0 fully saturated rings. The minimum Gasteiger partial charge on any atom is -0.337 e.